The fourth-order valence-corrected chi connectivity index (χ4v) is 1.53. The summed E-state index contributed by atoms with van der Waals surface area (Å²) in [4.78, 5) is 11.9. The Kier molecular flexibility index (Phi) is 5.41. The van der Waals surface area contributed by atoms with E-state index < -0.39 is 0 Å². The number of amides is 1. The van der Waals surface area contributed by atoms with Crippen molar-refractivity contribution in [1.82, 2.24) is 5.32 Å². The Morgan fingerprint density at radius 2 is 2.17 bits per heavy atom. The molecule has 1 aromatic rings. The minimum atomic E-state index is -0.346. The van der Waals surface area contributed by atoms with E-state index >= 15 is 0 Å². The summed E-state index contributed by atoms with van der Waals surface area (Å²) in [6, 6.07) is 3.72. The van der Waals surface area contributed by atoms with Crippen molar-refractivity contribution in [2.24, 2.45) is 5.73 Å². The predicted molar refractivity (Wildman–Crippen MR) is 66.6 cm³/mol. The van der Waals surface area contributed by atoms with Crippen LogP contribution in [0.25, 0.3) is 0 Å². The highest BCUT2D eigenvalue weighted by Crippen LogP contribution is 2.24. The maximum atomic E-state index is 11.9. The summed E-state index contributed by atoms with van der Waals surface area (Å²) < 4.78 is 4.98. The van der Waals surface area contributed by atoms with Crippen LogP contribution in [0.5, 0.6) is 11.5 Å². The Labute approximate surface area is 105 Å². The van der Waals surface area contributed by atoms with Crippen LogP contribution in [0.15, 0.2) is 18.2 Å². The lowest BCUT2D eigenvalue weighted by atomic mass is 10.1. The lowest BCUT2D eigenvalue weighted by Crippen LogP contribution is -2.39. The molecule has 5 N–H and O–H groups in total. The molecule has 0 heterocycles. The summed E-state index contributed by atoms with van der Waals surface area (Å²) in [6.45, 7) is 0.808. The highest BCUT2D eigenvalue weighted by molar-refractivity contribution is 5.95. The minimum absolute atomic E-state index is 0.177. The van der Waals surface area contributed by atoms with Gasteiger partial charge < -0.3 is 26.0 Å². The normalized spacial score (nSPS) is 12.1. The second kappa shape index (κ2) is 6.83. The average Bonchev–Trinajstić information content (AvgIpc) is 2.33. The molecule has 0 spiro atoms. The molecule has 1 atom stereocenters. The second-order valence-corrected chi connectivity index (χ2v) is 3.91. The van der Waals surface area contributed by atoms with Crippen molar-refractivity contribution in [2.75, 3.05) is 20.3 Å². The second-order valence-electron chi connectivity index (χ2n) is 3.91. The van der Waals surface area contributed by atoms with Gasteiger partial charge in [-0.1, -0.05) is 0 Å². The van der Waals surface area contributed by atoms with Gasteiger partial charge in [-0.15, -0.1) is 0 Å². The fraction of sp³-hybridized carbons (Fsp3) is 0.417. The van der Waals surface area contributed by atoms with Gasteiger partial charge in [0.15, 0.2) is 11.5 Å². The maximum Gasteiger partial charge on any atom is 0.251 e. The summed E-state index contributed by atoms with van der Waals surface area (Å²) in [7, 11) is 1.54. The molecule has 0 saturated heterocycles. The van der Waals surface area contributed by atoms with Gasteiger partial charge in [0.05, 0.1) is 12.6 Å². The highest BCUT2D eigenvalue weighted by Gasteiger charge is 2.14. The van der Waals surface area contributed by atoms with Crippen LogP contribution in [0.1, 0.15) is 16.8 Å². The van der Waals surface area contributed by atoms with Crippen LogP contribution in [-0.2, 0) is 4.74 Å². The van der Waals surface area contributed by atoms with E-state index in [9.17, 15) is 9.90 Å². The molecule has 0 aliphatic heterocycles. The first-order chi connectivity index (χ1) is 8.58. The zero-order chi connectivity index (χ0) is 13.5. The lowest BCUT2D eigenvalue weighted by Gasteiger charge is -2.17. The molecule has 18 heavy (non-hydrogen) atoms. The number of methoxy groups -OCH3 is 1. The van der Waals surface area contributed by atoms with E-state index in [1.165, 1.54) is 18.2 Å². The van der Waals surface area contributed by atoms with E-state index in [1.807, 2.05) is 0 Å². The number of benzene rings is 1. The van der Waals surface area contributed by atoms with Gasteiger partial charge in [0, 0.05) is 12.7 Å². The maximum absolute atomic E-state index is 11.9. The van der Waals surface area contributed by atoms with Gasteiger partial charge in [0.25, 0.3) is 5.91 Å². The largest absolute Gasteiger partial charge is 0.504 e. The third kappa shape index (κ3) is 3.90. The van der Waals surface area contributed by atoms with Crippen LogP contribution in [0.4, 0.5) is 0 Å². The van der Waals surface area contributed by atoms with E-state index in [2.05, 4.69) is 5.32 Å². The molecule has 1 rings (SSSR count). The Bertz CT molecular complexity index is 403. The van der Waals surface area contributed by atoms with Crippen molar-refractivity contribution < 1.29 is 19.7 Å². The molecule has 0 fully saturated rings. The number of phenolic OH excluding ortho intramolecular Hbond substituents is 2. The average molecular weight is 254 g/mol. The third-order valence-corrected chi connectivity index (χ3v) is 2.46. The summed E-state index contributed by atoms with van der Waals surface area (Å²) in [5.74, 6) is -0.937. The van der Waals surface area contributed by atoms with E-state index in [4.69, 9.17) is 15.6 Å². The first-order valence-corrected chi connectivity index (χ1v) is 5.60. The zero-order valence-corrected chi connectivity index (χ0v) is 10.2. The SMILES string of the molecule is COCC(CCN)NC(=O)c1ccc(O)c(O)c1. The summed E-state index contributed by atoms with van der Waals surface area (Å²) >= 11 is 0. The zero-order valence-electron chi connectivity index (χ0n) is 10.2. The topological polar surface area (TPSA) is 105 Å². The number of hydrogen-bond donors (Lipinski definition) is 4. The van der Waals surface area contributed by atoms with E-state index in [1.54, 1.807) is 7.11 Å². The number of hydrogen-bond acceptors (Lipinski definition) is 5. The third-order valence-electron chi connectivity index (χ3n) is 2.46. The molecule has 6 nitrogen and oxygen atoms in total. The van der Waals surface area contributed by atoms with Crippen molar-refractivity contribution in [1.29, 1.82) is 0 Å². The van der Waals surface area contributed by atoms with Crippen molar-refractivity contribution in [3.63, 3.8) is 0 Å². The van der Waals surface area contributed by atoms with Crippen LogP contribution in [0.2, 0.25) is 0 Å². The smallest absolute Gasteiger partial charge is 0.251 e. The number of nitrogens with two attached hydrogens (primary N) is 1. The van der Waals surface area contributed by atoms with Gasteiger partial charge in [-0.2, -0.15) is 0 Å². The summed E-state index contributed by atoms with van der Waals surface area (Å²) in [5.41, 5.74) is 5.71. The van der Waals surface area contributed by atoms with Gasteiger partial charge in [-0.25, -0.2) is 0 Å². The lowest BCUT2D eigenvalue weighted by molar-refractivity contribution is 0.0893. The molecule has 1 unspecified atom stereocenters. The van der Waals surface area contributed by atoms with Gasteiger partial charge >= 0.3 is 0 Å². The molecule has 1 aromatic carbocycles. The predicted octanol–water partition coefficient (Wildman–Crippen LogP) is 0.191. The quantitative estimate of drug-likeness (QED) is 0.542. The number of carbonyl (C=O) groups excluding carboxylic acids is 1. The summed E-state index contributed by atoms with van der Waals surface area (Å²) in [5, 5.41) is 21.2. The number of aromatic hydroxyl groups is 2. The number of nitrogens with one attached hydrogen (secondary N) is 1. The summed E-state index contributed by atoms with van der Waals surface area (Å²) in [6.07, 6.45) is 0.601. The molecule has 0 radical (unpaired) electrons. The molecule has 0 aromatic heterocycles. The standard InChI is InChI=1S/C12H18N2O4/c1-18-7-9(4-5-13)14-12(17)8-2-3-10(15)11(16)6-8/h2-3,6,9,15-16H,4-5,7,13H2,1H3,(H,14,17). The molecule has 0 aliphatic carbocycles. The van der Waals surface area contributed by atoms with Crippen LogP contribution in [0.3, 0.4) is 0 Å². The molecule has 100 valence electrons. The van der Waals surface area contributed by atoms with Gasteiger partial charge in [-0.3, -0.25) is 4.79 Å². The number of carbonyl (C=O) groups is 1. The van der Waals surface area contributed by atoms with E-state index in [0.717, 1.165) is 0 Å². The first-order valence-electron chi connectivity index (χ1n) is 5.60. The van der Waals surface area contributed by atoms with Crippen LogP contribution in [-0.4, -0.2) is 42.4 Å². The molecule has 0 bridgehead atoms. The molecule has 1 amide bonds. The van der Waals surface area contributed by atoms with Crippen molar-refractivity contribution in [3.05, 3.63) is 23.8 Å². The minimum Gasteiger partial charge on any atom is -0.504 e. The number of phenols is 2. The van der Waals surface area contributed by atoms with E-state index in [0.29, 0.717) is 19.6 Å². The Hall–Kier alpha value is -1.79. The van der Waals surface area contributed by atoms with Gasteiger partial charge in [-0.05, 0) is 31.2 Å². The van der Waals surface area contributed by atoms with Gasteiger partial charge in [0.2, 0.25) is 0 Å². The van der Waals surface area contributed by atoms with Crippen LogP contribution < -0.4 is 11.1 Å². The fourth-order valence-electron chi connectivity index (χ4n) is 1.53. The first kappa shape index (κ1) is 14.3. The highest BCUT2D eigenvalue weighted by atomic mass is 16.5. The number of rotatable bonds is 6. The number of ether oxygens (including phenoxy) is 1. The molecule has 0 saturated carbocycles. The molecule has 6 heteroatoms. The van der Waals surface area contributed by atoms with Crippen molar-refractivity contribution in [3.8, 4) is 11.5 Å². The molecule has 0 aliphatic rings. The van der Waals surface area contributed by atoms with E-state index in [-0.39, 0.29) is 29.0 Å². The van der Waals surface area contributed by atoms with Crippen LogP contribution >= 0.6 is 0 Å². The molecular weight excluding hydrogens is 236 g/mol. The molecular formula is C12H18N2O4. The van der Waals surface area contributed by atoms with Crippen molar-refractivity contribution in [2.45, 2.75) is 12.5 Å². The monoisotopic (exact) mass is 254 g/mol. The Morgan fingerprint density at radius 1 is 1.44 bits per heavy atom. The Balaban J connectivity index is 2.70. The van der Waals surface area contributed by atoms with Gasteiger partial charge in [0.1, 0.15) is 0 Å². The van der Waals surface area contributed by atoms with Crippen molar-refractivity contribution >= 4 is 5.91 Å². The van der Waals surface area contributed by atoms with Crippen LogP contribution in [0, 0.1) is 0 Å². The Morgan fingerprint density at radius 3 is 2.72 bits per heavy atom.